The van der Waals surface area contributed by atoms with E-state index in [1.165, 1.54) is 7.11 Å². The Bertz CT molecular complexity index is 169. The molecule has 0 rings (SSSR count). The van der Waals surface area contributed by atoms with Gasteiger partial charge in [0.15, 0.2) is 0 Å². The molecule has 0 amide bonds. The molecule has 0 aliphatic rings. The third-order valence-corrected chi connectivity index (χ3v) is 1.15. The van der Waals surface area contributed by atoms with Crippen molar-refractivity contribution in [1.29, 1.82) is 0 Å². The molecule has 0 aromatic heterocycles. The van der Waals surface area contributed by atoms with E-state index in [1.54, 1.807) is 0 Å². The monoisotopic (exact) mass is 177 g/mol. The van der Waals surface area contributed by atoms with E-state index in [2.05, 4.69) is 9.78 Å². The zero-order valence-electron chi connectivity index (χ0n) is 6.65. The van der Waals surface area contributed by atoms with Gasteiger partial charge in [-0.25, -0.2) is 4.79 Å². The summed E-state index contributed by atoms with van der Waals surface area (Å²) in [7, 11) is 1.19. The topological polar surface area (TPSA) is 98.9 Å². The van der Waals surface area contributed by atoms with E-state index in [0.29, 0.717) is 0 Å². The summed E-state index contributed by atoms with van der Waals surface area (Å²) in [4.78, 5) is 28.9. The van der Waals surface area contributed by atoms with E-state index in [4.69, 9.17) is 10.8 Å². The molecular formula is C6H11NO5. The quantitative estimate of drug-likeness (QED) is 0.425. The first-order valence-corrected chi connectivity index (χ1v) is 3.29. The van der Waals surface area contributed by atoms with Gasteiger partial charge >= 0.3 is 11.9 Å². The standard InChI is InChI=1S/C6H11NO5/c1-11-12-5(8)3-2-4(7)6(9)10/h4H,2-3,7H2,1H3,(H,9,10)/t4-/m1/s1. The number of carbonyl (C=O) groups excluding carboxylic acids is 1. The van der Waals surface area contributed by atoms with Crippen LogP contribution >= 0.6 is 0 Å². The SMILES string of the molecule is COOC(=O)CC[C@@H](N)C(=O)O. The second-order valence-electron chi connectivity index (χ2n) is 2.11. The Morgan fingerprint density at radius 1 is 1.58 bits per heavy atom. The fourth-order valence-corrected chi connectivity index (χ4v) is 0.531. The van der Waals surface area contributed by atoms with Gasteiger partial charge in [0.25, 0.3) is 0 Å². The molecule has 0 fully saturated rings. The molecule has 0 saturated heterocycles. The van der Waals surface area contributed by atoms with Crippen molar-refractivity contribution in [3.8, 4) is 0 Å². The molecule has 0 aromatic carbocycles. The number of carboxylic acid groups (broad SMARTS) is 1. The lowest BCUT2D eigenvalue weighted by Gasteiger charge is -2.03. The van der Waals surface area contributed by atoms with Crippen LogP contribution in [-0.4, -0.2) is 30.2 Å². The lowest BCUT2D eigenvalue weighted by molar-refractivity contribution is -0.255. The summed E-state index contributed by atoms with van der Waals surface area (Å²) in [5.74, 6) is -1.77. The number of rotatable bonds is 5. The van der Waals surface area contributed by atoms with Gasteiger partial charge < -0.3 is 10.8 Å². The van der Waals surface area contributed by atoms with E-state index in [1.807, 2.05) is 0 Å². The Morgan fingerprint density at radius 3 is 2.58 bits per heavy atom. The van der Waals surface area contributed by atoms with Crippen molar-refractivity contribution in [2.45, 2.75) is 18.9 Å². The Labute approximate surface area is 69.2 Å². The lowest BCUT2D eigenvalue weighted by atomic mass is 10.2. The van der Waals surface area contributed by atoms with Gasteiger partial charge in [0, 0.05) is 0 Å². The Hall–Kier alpha value is -1.14. The zero-order chi connectivity index (χ0) is 9.56. The number of carboxylic acids is 1. The summed E-state index contributed by atoms with van der Waals surface area (Å²) in [6.07, 6.45) is -0.0289. The summed E-state index contributed by atoms with van der Waals surface area (Å²) < 4.78 is 0. The zero-order valence-corrected chi connectivity index (χ0v) is 6.65. The van der Waals surface area contributed by atoms with Crippen LogP contribution in [0.4, 0.5) is 0 Å². The minimum Gasteiger partial charge on any atom is -0.480 e. The van der Waals surface area contributed by atoms with Crippen LogP contribution in [0.25, 0.3) is 0 Å². The van der Waals surface area contributed by atoms with Crippen LogP contribution in [0.2, 0.25) is 0 Å². The molecule has 0 heterocycles. The normalized spacial score (nSPS) is 12.2. The highest BCUT2D eigenvalue weighted by Gasteiger charge is 2.14. The third kappa shape index (κ3) is 4.64. The molecule has 0 spiro atoms. The maximum atomic E-state index is 10.6. The average molecular weight is 177 g/mol. The second kappa shape index (κ2) is 5.50. The Balaban J connectivity index is 3.54. The van der Waals surface area contributed by atoms with E-state index < -0.39 is 18.0 Å². The van der Waals surface area contributed by atoms with E-state index in [-0.39, 0.29) is 12.8 Å². The maximum Gasteiger partial charge on any atom is 0.342 e. The smallest absolute Gasteiger partial charge is 0.342 e. The van der Waals surface area contributed by atoms with E-state index >= 15 is 0 Å². The van der Waals surface area contributed by atoms with Gasteiger partial charge in [0.05, 0.1) is 13.5 Å². The molecule has 0 aromatic rings. The van der Waals surface area contributed by atoms with Gasteiger partial charge in [0.2, 0.25) is 0 Å². The minimum absolute atomic E-state index is 0.0392. The molecule has 12 heavy (non-hydrogen) atoms. The van der Waals surface area contributed by atoms with Crippen LogP contribution < -0.4 is 5.73 Å². The van der Waals surface area contributed by atoms with Crippen LogP contribution in [0.5, 0.6) is 0 Å². The number of aliphatic carboxylic acids is 1. The number of nitrogens with two attached hydrogens (primary N) is 1. The van der Waals surface area contributed by atoms with Gasteiger partial charge in [-0.1, -0.05) is 0 Å². The van der Waals surface area contributed by atoms with Gasteiger partial charge in [-0.15, -0.1) is 0 Å². The minimum atomic E-state index is -1.14. The highest BCUT2D eigenvalue weighted by molar-refractivity contribution is 5.75. The molecule has 0 radical (unpaired) electrons. The van der Waals surface area contributed by atoms with Gasteiger partial charge in [0.1, 0.15) is 6.04 Å². The third-order valence-electron chi connectivity index (χ3n) is 1.15. The Morgan fingerprint density at radius 2 is 2.17 bits per heavy atom. The summed E-state index contributed by atoms with van der Waals surface area (Å²) in [6.45, 7) is 0. The first kappa shape index (κ1) is 10.9. The predicted molar refractivity (Wildman–Crippen MR) is 37.9 cm³/mol. The highest BCUT2D eigenvalue weighted by atomic mass is 17.2. The first-order valence-electron chi connectivity index (χ1n) is 3.29. The van der Waals surface area contributed by atoms with Crippen LogP contribution in [0.15, 0.2) is 0 Å². The first-order chi connectivity index (χ1) is 5.57. The van der Waals surface area contributed by atoms with Gasteiger partial charge in [-0.2, -0.15) is 4.89 Å². The van der Waals surface area contributed by atoms with Crippen molar-refractivity contribution in [3.05, 3.63) is 0 Å². The van der Waals surface area contributed by atoms with Crippen LogP contribution in [0.3, 0.4) is 0 Å². The number of hydrogen-bond acceptors (Lipinski definition) is 5. The summed E-state index contributed by atoms with van der Waals surface area (Å²) in [5.41, 5.74) is 5.11. The van der Waals surface area contributed by atoms with Crippen LogP contribution in [-0.2, 0) is 19.4 Å². The predicted octanol–water partition coefficient (Wildman–Crippen LogP) is -0.717. The number of carbonyl (C=O) groups is 2. The molecule has 1 atom stereocenters. The molecule has 0 aliphatic carbocycles. The fourth-order valence-electron chi connectivity index (χ4n) is 0.531. The van der Waals surface area contributed by atoms with Crippen molar-refractivity contribution >= 4 is 11.9 Å². The molecular weight excluding hydrogens is 166 g/mol. The maximum absolute atomic E-state index is 10.6. The van der Waals surface area contributed by atoms with Crippen molar-refractivity contribution in [2.24, 2.45) is 5.73 Å². The van der Waals surface area contributed by atoms with Gasteiger partial charge in [-0.05, 0) is 6.42 Å². The van der Waals surface area contributed by atoms with Crippen LogP contribution in [0, 0.1) is 0 Å². The molecule has 70 valence electrons. The fraction of sp³-hybridized carbons (Fsp3) is 0.667. The molecule has 3 N–H and O–H groups in total. The molecule has 0 aliphatic heterocycles. The van der Waals surface area contributed by atoms with Crippen molar-refractivity contribution in [2.75, 3.05) is 7.11 Å². The molecule has 6 nitrogen and oxygen atoms in total. The highest BCUT2D eigenvalue weighted by Crippen LogP contribution is 1.96. The average Bonchev–Trinajstić information content (AvgIpc) is 2.00. The largest absolute Gasteiger partial charge is 0.480 e. The van der Waals surface area contributed by atoms with E-state index in [0.717, 1.165) is 0 Å². The van der Waals surface area contributed by atoms with Crippen molar-refractivity contribution in [1.82, 2.24) is 0 Å². The van der Waals surface area contributed by atoms with Crippen LogP contribution in [0.1, 0.15) is 12.8 Å². The van der Waals surface area contributed by atoms with Gasteiger partial charge in [-0.3, -0.25) is 9.68 Å². The number of hydrogen-bond donors (Lipinski definition) is 2. The lowest BCUT2D eigenvalue weighted by Crippen LogP contribution is -2.30. The summed E-state index contributed by atoms with van der Waals surface area (Å²) in [5, 5.41) is 8.32. The van der Waals surface area contributed by atoms with E-state index in [9.17, 15) is 9.59 Å². The molecule has 0 saturated carbocycles. The molecule has 0 bridgehead atoms. The Kier molecular flexibility index (Phi) is 4.98. The summed E-state index contributed by atoms with van der Waals surface area (Å²) >= 11 is 0. The second-order valence-corrected chi connectivity index (χ2v) is 2.11. The summed E-state index contributed by atoms with van der Waals surface area (Å²) in [6, 6.07) is -1.03. The van der Waals surface area contributed by atoms with Crippen molar-refractivity contribution < 1.29 is 24.5 Å². The molecule has 6 heteroatoms. The van der Waals surface area contributed by atoms with Crippen molar-refractivity contribution in [3.63, 3.8) is 0 Å². The molecule has 0 unspecified atom stereocenters.